The molecule has 1 aliphatic heterocycles. The van der Waals surface area contributed by atoms with Crippen LogP contribution in [0, 0.1) is 0 Å². The number of ether oxygens (including phenoxy) is 1. The second-order valence-corrected chi connectivity index (χ2v) is 5.61. The third-order valence-electron chi connectivity index (χ3n) is 4.13. The molecule has 0 saturated carbocycles. The van der Waals surface area contributed by atoms with Gasteiger partial charge in [-0.25, -0.2) is 0 Å². The Morgan fingerprint density at radius 3 is 1.78 bits per heavy atom. The molecular weight excluding hydrogens is 310 g/mol. The molecule has 9 nitrogen and oxygen atoms in total. The number of amides is 1. The number of Topliss-reactive ketones (excluding diaryl/α,β-unsaturated/α-hetero) is 3. The lowest BCUT2D eigenvalue weighted by molar-refractivity contribution is -0.248. The van der Waals surface area contributed by atoms with Crippen molar-refractivity contribution in [1.29, 1.82) is 0 Å². The van der Waals surface area contributed by atoms with Crippen molar-refractivity contribution >= 4 is 23.3 Å². The number of ketones is 3. The summed E-state index contributed by atoms with van der Waals surface area (Å²) in [5.41, 5.74) is -5.06. The van der Waals surface area contributed by atoms with Gasteiger partial charge in [0.25, 0.3) is 0 Å². The van der Waals surface area contributed by atoms with Crippen LogP contribution in [-0.4, -0.2) is 74.6 Å². The van der Waals surface area contributed by atoms with Crippen molar-refractivity contribution in [3.8, 4) is 0 Å². The van der Waals surface area contributed by atoms with Gasteiger partial charge in [-0.15, -0.1) is 0 Å². The predicted molar refractivity (Wildman–Crippen MR) is 75.3 cm³/mol. The largest absolute Gasteiger partial charge is 0.394 e. The van der Waals surface area contributed by atoms with Gasteiger partial charge in [-0.2, -0.15) is 0 Å². The molecule has 1 fully saturated rings. The predicted octanol–water partition coefficient (Wildman–Crippen LogP) is -2.52. The van der Waals surface area contributed by atoms with Crippen LogP contribution in [0.5, 0.6) is 0 Å². The lowest BCUT2D eigenvalue weighted by Gasteiger charge is -2.54. The number of hydrogen-bond acceptors (Lipinski definition) is 8. The van der Waals surface area contributed by atoms with Crippen molar-refractivity contribution in [2.24, 2.45) is 0 Å². The molecule has 1 amide bonds. The third-order valence-corrected chi connectivity index (χ3v) is 4.13. The zero-order valence-corrected chi connectivity index (χ0v) is 13.3. The number of aliphatic hydroxyl groups excluding tert-OH is 3. The molecule has 0 radical (unpaired) electrons. The highest BCUT2D eigenvalue weighted by molar-refractivity contribution is 6.16. The van der Waals surface area contributed by atoms with Crippen molar-refractivity contribution in [2.45, 2.75) is 57.1 Å². The molecule has 0 aromatic rings. The fourth-order valence-corrected chi connectivity index (χ4v) is 3.16. The van der Waals surface area contributed by atoms with Gasteiger partial charge in [-0.3, -0.25) is 19.2 Å². The molecule has 0 bridgehead atoms. The molecule has 1 rings (SSSR count). The van der Waals surface area contributed by atoms with Crippen LogP contribution >= 0.6 is 0 Å². The van der Waals surface area contributed by atoms with Gasteiger partial charge in [0.1, 0.15) is 18.3 Å². The Kier molecular flexibility index (Phi) is 5.42. The number of carbonyl (C=O) groups is 4. The van der Waals surface area contributed by atoms with Crippen LogP contribution in [0.2, 0.25) is 0 Å². The van der Waals surface area contributed by atoms with Crippen LogP contribution in [0.1, 0.15) is 27.7 Å². The Hall–Kier alpha value is -1.68. The van der Waals surface area contributed by atoms with Crippen molar-refractivity contribution < 1.29 is 39.2 Å². The van der Waals surface area contributed by atoms with Gasteiger partial charge in [0, 0.05) is 6.92 Å². The number of rotatable bonds is 5. The fourth-order valence-electron chi connectivity index (χ4n) is 3.16. The van der Waals surface area contributed by atoms with E-state index in [2.05, 4.69) is 5.32 Å². The maximum Gasteiger partial charge on any atom is 0.217 e. The maximum atomic E-state index is 12.3. The molecule has 9 heteroatoms. The van der Waals surface area contributed by atoms with E-state index in [4.69, 9.17) is 4.74 Å². The van der Waals surface area contributed by atoms with E-state index in [1.54, 1.807) is 0 Å². The zero-order chi connectivity index (χ0) is 18.2. The first-order valence-corrected chi connectivity index (χ1v) is 6.95. The van der Waals surface area contributed by atoms with Crippen LogP contribution in [0.15, 0.2) is 0 Å². The van der Waals surface area contributed by atoms with E-state index in [1.165, 1.54) is 0 Å². The van der Waals surface area contributed by atoms with E-state index in [0.717, 1.165) is 27.7 Å². The lowest BCUT2D eigenvalue weighted by atomic mass is 9.64. The lowest BCUT2D eigenvalue weighted by Crippen LogP contribution is -2.85. The molecule has 0 unspecified atom stereocenters. The van der Waals surface area contributed by atoms with Gasteiger partial charge in [0.05, 0.1) is 6.61 Å². The summed E-state index contributed by atoms with van der Waals surface area (Å²) in [6.07, 6.45) is -5.33. The fraction of sp³-hybridized carbons (Fsp3) is 0.714. The molecule has 130 valence electrons. The first-order valence-electron chi connectivity index (χ1n) is 6.95. The number of aliphatic hydroxyl groups is 3. The number of hydrogen-bond donors (Lipinski definition) is 4. The monoisotopic (exact) mass is 331 g/mol. The molecule has 4 atom stereocenters. The molecule has 1 aliphatic rings. The Labute approximate surface area is 132 Å². The summed E-state index contributed by atoms with van der Waals surface area (Å²) in [7, 11) is 0. The van der Waals surface area contributed by atoms with E-state index < -0.39 is 59.3 Å². The number of carbonyl (C=O) groups excluding carboxylic acids is 4. The average molecular weight is 331 g/mol. The summed E-state index contributed by atoms with van der Waals surface area (Å²) in [6.45, 7) is 3.08. The van der Waals surface area contributed by atoms with E-state index >= 15 is 0 Å². The van der Waals surface area contributed by atoms with Gasteiger partial charge in [0.15, 0.2) is 22.9 Å². The molecule has 0 aromatic heterocycles. The topological polar surface area (TPSA) is 150 Å². The highest BCUT2D eigenvalue weighted by Crippen LogP contribution is 2.41. The van der Waals surface area contributed by atoms with Gasteiger partial charge < -0.3 is 25.4 Å². The average Bonchev–Trinajstić information content (AvgIpc) is 2.42. The highest BCUT2D eigenvalue weighted by Gasteiger charge is 2.72. The van der Waals surface area contributed by atoms with E-state index in [1.807, 2.05) is 0 Å². The third kappa shape index (κ3) is 2.59. The molecule has 1 saturated heterocycles. The van der Waals surface area contributed by atoms with Crippen LogP contribution in [0.4, 0.5) is 0 Å². The first kappa shape index (κ1) is 19.4. The SMILES string of the molecule is CC(=O)N[C@]1(C(C)=O)[C@@H](O)[C@H](O)[C@@H](CO)OC1(C(C)=O)C(C)=O. The van der Waals surface area contributed by atoms with Crippen LogP contribution < -0.4 is 5.32 Å². The molecule has 4 N–H and O–H groups in total. The van der Waals surface area contributed by atoms with Crippen LogP contribution in [-0.2, 0) is 23.9 Å². The summed E-state index contributed by atoms with van der Waals surface area (Å²) < 4.78 is 5.31. The van der Waals surface area contributed by atoms with Gasteiger partial charge in [0.2, 0.25) is 11.5 Å². The van der Waals surface area contributed by atoms with Crippen molar-refractivity contribution in [3.63, 3.8) is 0 Å². The second kappa shape index (κ2) is 6.44. The van der Waals surface area contributed by atoms with Crippen molar-refractivity contribution in [3.05, 3.63) is 0 Å². The summed E-state index contributed by atoms with van der Waals surface area (Å²) in [6, 6.07) is 0. The quantitative estimate of drug-likeness (QED) is 0.403. The van der Waals surface area contributed by atoms with E-state index in [0.29, 0.717) is 0 Å². The summed E-state index contributed by atoms with van der Waals surface area (Å²) in [5, 5.41) is 31.9. The Bertz CT molecular complexity index is 531. The Balaban J connectivity index is 3.80. The maximum absolute atomic E-state index is 12.3. The Morgan fingerprint density at radius 2 is 1.48 bits per heavy atom. The smallest absolute Gasteiger partial charge is 0.217 e. The molecule has 0 spiro atoms. The minimum absolute atomic E-state index is 0.811. The van der Waals surface area contributed by atoms with Crippen LogP contribution in [0.3, 0.4) is 0 Å². The van der Waals surface area contributed by atoms with Crippen molar-refractivity contribution in [2.75, 3.05) is 6.61 Å². The molecular formula is C14H21NO8. The first-order chi connectivity index (χ1) is 10.5. The van der Waals surface area contributed by atoms with Crippen LogP contribution in [0.25, 0.3) is 0 Å². The molecule has 0 aromatic carbocycles. The Morgan fingerprint density at radius 1 is 1.00 bits per heavy atom. The van der Waals surface area contributed by atoms with E-state index in [-0.39, 0.29) is 0 Å². The minimum Gasteiger partial charge on any atom is -0.394 e. The summed E-state index contributed by atoms with van der Waals surface area (Å²) >= 11 is 0. The van der Waals surface area contributed by atoms with Gasteiger partial charge >= 0.3 is 0 Å². The second-order valence-electron chi connectivity index (χ2n) is 5.61. The number of nitrogens with one attached hydrogen (secondary N) is 1. The minimum atomic E-state index is -2.56. The normalized spacial score (nSPS) is 32.9. The standard InChI is InChI=1S/C14H21NO8/c1-6(17)13(15-9(4)20)12(22)11(21)10(5-16)23-14(13,7(2)18)8(3)19/h10-12,16,21-22H,5H2,1-4H3,(H,15,20)/t10-,11-,12+,13-/m1/s1. The molecule has 1 heterocycles. The summed E-state index contributed by atoms with van der Waals surface area (Å²) in [5.74, 6) is -3.65. The zero-order valence-electron chi connectivity index (χ0n) is 13.3. The molecule has 23 heavy (non-hydrogen) atoms. The van der Waals surface area contributed by atoms with Crippen molar-refractivity contribution in [1.82, 2.24) is 5.32 Å². The molecule has 0 aliphatic carbocycles. The van der Waals surface area contributed by atoms with Gasteiger partial charge in [-0.1, -0.05) is 0 Å². The van der Waals surface area contributed by atoms with Gasteiger partial charge in [-0.05, 0) is 20.8 Å². The highest BCUT2D eigenvalue weighted by atomic mass is 16.6. The summed E-state index contributed by atoms with van der Waals surface area (Å²) in [4.78, 5) is 48.4. The van der Waals surface area contributed by atoms with E-state index in [9.17, 15) is 34.5 Å².